The fourth-order valence-corrected chi connectivity index (χ4v) is 3.88. The van der Waals surface area contributed by atoms with E-state index in [2.05, 4.69) is 31.0 Å². The van der Waals surface area contributed by atoms with Crippen molar-refractivity contribution in [3.05, 3.63) is 65.2 Å². The number of likely N-dealkylation sites (N-methyl/N-ethyl adjacent to an activating group) is 1. The summed E-state index contributed by atoms with van der Waals surface area (Å²) in [4.78, 5) is 14.4. The topological polar surface area (TPSA) is 66.6 Å². The summed E-state index contributed by atoms with van der Waals surface area (Å²) < 4.78 is 0. The SMILES string of the molecule is CC(c1ccccc1)C(C[C@H]1Cc2ccc(O)cc2CN1C)C(N)=O. The Labute approximate surface area is 149 Å². The van der Waals surface area contributed by atoms with Crippen molar-refractivity contribution >= 4 is 5.91 Å². The van der Waals surface area contributed by atoms with Crippen molar-refractivity contribution in [1.82, 2.24) is 4.90 Å². The van der Waals surface area contributed by atoms with Gasteiger partial charge in [-0.2, -0.15) is 0 Å². The number of phenolic OH excluding ortho intramolecular Hbond substituents is 1. The van der Waals surface area contributed by atoms with Crippen LogP contribution in [0, 0.1) is 5.92 Å². The number of hydrogen-bond donors (Lipinski definition) is 2. The minimum Gasteiger partial charge on any atom is -0.508 e. The molecule has 1 amide bonds. The van der Waals surface area contributed by atoms with E-state index in [1.807, 2.05) is 30.3 Å². The molecule has 1 aliphatic rings. The highest BCUT2D eigenvalue weighted by Crippen LogP contribution is 2.33. The lowest BCUT2D eigenvalue weighted by Crippen LogP contribution is -2.41. The molecular weight excluding hydrogens is 312 g/mol. The van der Waals surface area contributed by atoms with E-state index in [1.165, 1.54) is 5.56 Å². The maximum Gasteiger partial charge on any atom is 0.221 e. The molecule has 132 valence electrons. The van der Waals surface area contributed by atoms with Crippen LogP contribution in [-0.2, 0) is 17.8 Å². The molecule has 25 heavy (non-hydrogen) atoms. The predicted octanol–water partition coefficient (Wildman–Crippen LogP) is 3.04. The van der Waals surface area contributed by atoms with E-state index in [1.54, 1.807) is 6.07 Å². The number of carbonyl (C=O) groups excluding carboxylic acids is 1. The molecule has 4 nitrogen and oxygen atoms in total. The number of benzene rings is 2. The summed E-state index contributed by atoms with van der Waals surface area (Å²) >= 11 is 0. The third-order valence-electron chi connectivity index (χ3n) is 5.51. The average Bonchev–Trinajstić information content (AvgIpc) is 2.60. The van der Waals surface area contributed by atoms with Gasteiger partial charge in [0.15, 0.2) is 0 Å². The standard InChI is InChI=1S/C21H26N2O2/c1-14(15-6-4-3-5-7-15)20(21(22)25)12-18-10-16-8-9-19(24)11-17(16)13-23(18)2/h3-9,11,14,18,20,24H,10,12-13H2,1-2H3,(H2,22,25)/t14?,18-,20?/m1/s1. The number of fused-ring (bicyclic) bond motifs is 1. The van der Waals surface area contributed by atoms with Crippen molar-refractivity contribution < 1.29 is 9.90 Å². The second-order valence-corrected chi connectivity index (χ2v) is 7.17. The number of nitrogens with two attached hydrogens (primary N) is 1. The van der Waals surface area contributed by atoms with E-state index in [-0.39, 0.29) is 23.8 Å². The van der Waals surface area contributed by atoms with Crippen LogP contribution in [0.5, 0.6) is 5.75 Å². The van der Waals surface area contributed by atoms with Crippen molar-refractivity contribution in [3.63, 3.8) is 0 Å². The Kier molecular flexibility index (Phi) is 5.09. The van der Waals surface area contributed by atoms with Gasteiger partial charge in [0.1, 0.15) is 5.75 Å². The molecule has 0 bridgehead atoms. The monoisotopic (exact) mass is 338 g/mol. The minimum absolute atomic E-state index is 0.0910. The Balaban J connectivity index is 1.78. The molecule has 2 unspecified atom stereocenters. The zero-order chi connectivity index (χ0) is 18.0. The van der Waals surface area contributed by atoms with Gasteiger partial charge in [0.25, 0.3) is 0 Å². The second kappa shape index (κ2) is 7.28. The van der Waals surface area contributed by atoms with E-state index in [0.29, 0.717) is 5.75 Å². The molecule has 0 saturated carbocycles. The van der Waals surface area contributed by atoms with Crippen LogP contribution in [0.2, 0.25) is 0 Å². The van der Waals surface area contributed by atoms with Crippen molar-refractivity contribution in [3.8, 4) is 5.75 Å². The summed E-state index contributed by atoms with van der Waals surface area (Å²) in [5.41, 5.74) is 9.31. The van der Waals surface area contributed by atoms with Crippen LogP contribution in [0.3, 0.4) is 0 Å². The first kappa shape index (κ1) is 17.5. The van der Waals surface area contributed by atoms with Gasteiger partial charge in [0, 0.05) is 18.5 Å². The highest BCUT2D eigenvalue weighted by atomic mass is 16.3. The zero-order valence-corrected chi connectivity index (χ0v) is 14.9. The van der Waals surface area contributed by atoms with E-state index >= 15 is 0 Å². The molecular formula is C21H26N2O2. The fourth-order valence-electron chi connectivity index (χ4n) is 3.88. The number of phenols is 1. The van der Waals surface area contributed by atoms with Gasteiger partial charge in [0.05, 0.1) is 0 Å². The predicted molar refractivity (Wildman–Crippen MR) is 99.2 cm³/mol. The number of nitrogens with zero attached hydrogens (tertiary/aromatic N) is 1. The number of aromatic hydroxyl groups is 1. The Hall–Kier alpha value is -2.33. The van der Waals surface area contributed by atoms with Gasteiger partial charge in [-0.15, -0.1) is 0 Å². The lowest BCUT2D eigenvalue weighted by atomic mass is 9.80. The number of carbonyl (C=O) groups is 1. The number of rotatable bonds is 5. The van der Waals surface area contributed by atoms with Crippen molar-refractivity contribution in [2.24, 2.45) is 11.7 Å². The lowest BCUT2D eigenvalue weighted by Gasteiger charge is -2.37. The molecule has 0 spiro atoms. The van der Waals surface area contributed by atoms with Crippen LogP contribution in [0.15, 0.2) is 48.5 Å². The third-order valence-corrected chi connectivity index (χ3v) is 5.51. The second-order valence-electron chi connectivity index (χ2n) is 7.17. The molecule has 4 heteroatoms. The zero-order valence-electron chi connectivity index (χ0n) is 14.9. The Morgan fingerprint density at radius 3 is 2.64 bits per heavy atom. The van der Waals surface area contributed by atoms with E-state index in [9.17, 15) is 9.90 Å². The molecule has 0 radical (unpaired) electrons. The molecule has 1 aliphatic heterocycles. The highest BCUT2D eigenvalue weighted by molar-refractivity contribution is 5.77. The third kappa shape index (κ3) is 3.85. The summed E-state index contributed by atoms with van der Waals surface area (Å²) in [6.45, 7) is 2.86. The normalized spacial score (nSPS) is 19.8. The summed E-state index contributed by atoms with van der Waals surface area (Å²) in [7, 11) is 2.07. The molecule has 2 aromatic rings. The smallest absolute Gasteiger partial charge is 0.221 e. The Bertz CT molecular complexity index is 745. The Morgan fingerprint density at radius 1 is 1.24 bits per heavy atom. The molecule has 0 saturated heterocycles. The van der Waals surface area contributed by atoms with Gasteiger partial charge in [-0.3, -0.25) is 9.69 Å². The first-order chi connectivity index (χ1) is 12.0. The molecule has 0 aromatic heterocycles. The molecule has 0 fully saturated rings. The molecule has 1 heterocycles. The minimum atomic E-state index is -0.235. The summed E-state index contributed by atoms with van der Waals surface area (Å²) in [6, 6.07) is 15.9. The van der Waals surface area contributed by atoms with Crippen LogP contribution < -0.4 is 5.73 Å². The Morgan fingerprint density at radius 2 is 1.96 bits per heavy atom. The van der Waals surface area contributed by atoms with E-state index in [4.69, 9.17) is 5.73 Å². The fraction of sp³-hybridized carbons (Fsp3) is 0.381. The lowest BCUT2D eigenvalue weighted by molar-refractivity contribution is -0.123. The first-order valence-corrected chi connectivity index (χ1v) is 8.81. The quantitative estimate of drug-likeness (QED) is 0.880. The van der Waals surface area contributed by atoms with Crippen LogP contribution in [0.25, 0.3) is 0 Å². The average molecular weight is 338 g/mol. The number of amides is 1. The maximum atomic E-state index is 12.2. The number of primary amides is 1. The van der Waals surface area contributed by atoms with Gasteiger partial charge in [-0.05, 0) is 54.6 Å². The summed E-state index contributed by atoms with van der Waals surface area (Å²) in [5, 5.41) is 9.68. The van der Waals surface area contributed by atoms with Crippen LogP contribution >= 0.6 is 0 Å². The van der Waals surface area contributed by atoms with Crippen molar-refractivity contribution in [1.29, 1.82) is 0 Å². The van der Waals surface area contributed by atoms with Crippen LogP contribution in [-0.4, -0.2) is 29.0 Å². The van der Waals surface area contributed by atoms with Gasteiger partial charge in [-0.1, -0.05) is 43.3 Å². The molecule has 3 atom stereocenters. The molecule has 3 N–H and O–H groups in total. The first-order valence-electron chi connectivity index (χ1n) is 8.81. The molecule has 0 aliphatic carbocycles. The van der Waals surface area contributed by atoms with E-state index in [0.717, 1.165) is 30.5 Å². The highest BCUT2D eigenvalue weighted by Gasteiger charge is 2.31. The van der Waals surface area contributed by atoms with Crippen LogP contribution in [0.1, 0.15) is 36.0 Å². The summed E-state index contributed by atoms with van der Waals surface area (Å²) in [6.07, 6.45) is 1.61. The van der Waals surface area contributed by atoms with Gasteiger partial charge >= 0.3 is 0 Å². The van der Waals surface area contributed by atoms with Crippen molar-refractivity contribution in [2.75, 3.05) is 7.05 Å². The van der Waals surface area contributed by atoms with Gasteiger partial charge < -0.3 is 10.8 Å². The van der Waals surface area contributed by atoms with Crippen LogP contribution in [0.4, 0.5) is 0 Å². The van der Waals surface area contributed by atoms with Gasteiger partial charge in [0.2, 0.25) is 5.91 Å². The van der Waals surface area contributed by atoms with E-state index < -0.39 is 0 Å². The maximum absolute atomic E-state index is 12.2. The number of hydrogen-bond acceptors (Lipinski definition) is 3. The molecule has 2 aromatic carbocycles. The largest absolute Gasteiger partial charge is 0.508 e. The summed E-state index contributed by atoms with van der Waals surface area (Å²) in [5.74, 6) is -0.0404. The van der Waals surface area contributed by atoms with Crippen molar-refractivity contribution in [2.45, 2.75) is 38.3 Å². The van der Waals surface area contributed by atoms with Gasteiger partial charge in [-0.25, -0.2) is 0 Å². The molecule has 3 rings (SSSR count).